The van der Waals surface area contributed by atoms with Crippen molar-refractivity contribution in [3.63, 3.8) is 0 Å². The summed E-state index contributed by atoms with van der Waals surface area (Å²) in [6.45, 7) is 2.14. The fourth-order valence-corrected chi connectivity index (χ4v) is 4.26. The van der Waals surface area contributed by atoms with Crippen molar-refractivity contribution in [1.29, 1.82) is 0 Å². The fourth-order valence-electron chi connectivity index (χ4n) is 4.13. The molecule has 0 aliphatic carbocycles. The van der Waals surface area contributed by atoms with Gasteiger partial charge in [0.05, 0.1) is 7.11 Å². The van der Waals surface area contributed by atoms with Crippen LogP contribution in [0.1, 0.15) is 36.8 Å². The van der Waals surface area contributed by atoms with Crippen LogP contribution in [0.4, 0.5) is 8.78 Å². The molecule has 0 aromatic heterocycles. The van der Waals surface area contributed by atoms with Gasteiger partial charge in [0.15, 0.2) is 0 Å². The number of amides is 1. The summed E-state index contributed by atoms with van der Waals surface area (Å²) in [6, 6.07) is 9.30. The van der Waals surface area contributed by atoms with Gasteiger partial charge >= 0.3 is 0 Å². The molecule has 7 heteroatoms. The van der Waals surface area contributed by atoms with E-state index in [1.807, 2.05) is 0 Å². The summed E-state index contributed by atoms with van der Waals surface area (Å²) >= 11 is 5.89. The van der Waals surface area contributed by atoms with Crippen LogP contribution in [0.2, 0.25) is 5.02 Å². The van der Waals surface area contributed by atoms with E-state index in [-0.39, 0.29) is 48.3 Å². The summed E-state index contributed by atoms with van der Waals surface area (Å²) in [5.41, 5.74) is 0.783. The minimum absolute atomic E-state index is 0.0386. The van der Waals surface area contributed by atoms with Crippen LogP contribution in [0, 0.1) is 17.6 Å². The number of carbonyl (C=O) groups is 2. The van der Waals surface area contributed by atoms with Crippen molar-refractivity contribution in [1.82, 2.24) is 4.90 Å². The number of hydrogen-bond acceptors (Lipinski definition) is 3. The van der Waals surface area contributed by atoms with Crippen molar-refractivity contribution in [3.8, 4) is 5.75 Å². The van der Waals surface area contributed by atoms with E-state index in [0.717, 1.165) is 17.7 Å². The molecule has 0 N–H and O–H groups in total. The van der Waals surface area contributed by atoms with Gasteiger partial charge < -0.3 is 9.64 Å². The van der Waals surface area contributed by atoms with Crippen molar-refractivity contribution >= 4 is 23.3 Å². The lowest BCUT2D eigenvalue weighted by molar-refractivity contribution is -0.132. The zero-order valence-electron chi connectivity index (χ0n) is 17.0. The van der Waals surface area contributed by atoms with Crippen LogP contribution in [0.25, 0.3) is 0 Å². The highest BCUT2D eigenvalue weighted by molar-refractivity contribution is 6.30. The Morgan fingerprint density at radius 3 is 2.37 bits per heavy atom. The van der Waals surface area contributed by atoms with Gasteiger partial charge in [-0.05, 0) is 36.0 Å². The largest absolute Gasteiger partial charge is 0.497 e. The van der Waals surface area contributed by atoms with Crippen LogP contribution in [0.15, 0.2) is 36.4 Å². The number of ketones is 1. The normalized spacial score (nSPS) is 18.9. The minimum atomic E-state index is -0.691. The summed E-state index contributed by atoms with van der Waals surface area (Å²) in [7, 11) is 1.34. The standard InChI is InChI=1S/C23H24ClF2NO3/c1-14(28)27-8-7-20(23-21(25)11-19(30-2)12-22(23)26)16(13-27)10-18(29)9-15-3-5-17(24)6-4-15/h3-6,11-12,16,20H,7-10,13H2,1-2H3/t16-,20?/m1/s1. The molecule has 0 saturated carbocycles. The molecule has 0 spiro atoms. The number of halogens is 3. The Hall–Kier alpha value is -2.47. The summed E-state index contributed by atoms with van der Waals surface area (Å²) in [5.74, 6) is -2.32. The predicted octanol–water partition coefficient (Wildman–Crippen LogP) is 4.78. The van der Waals surface area contributed by atoms with Crippen LogP contribution in [-0.2, 0) is 16.0 Å². The number of methoxy groups -OCH3 is 1. The van der Waals surface area contributed by atoms with Crippen LogP contribution >= 0.6 is 11.6 Å². The van der Waals surface area contributed by atoms with E-state index in [2.05, 4.69) is 0 Å². The molecule has 2 aromatic rings. The first-order valence-electron chi connectivity index (χ1n) is 9.83. The molecule has 1 aliphatic rings. The second-order valence-electron chi connectivity index (χ2n) is 7.67. The lowest BCUT2D eigenvalue weighted by atomic mass is 9.77. The molecule has 1 amide bonds. The zero-order chi connectivity index (χ0) is 21.8. The summed E-state index contributed by atoms with van der Waals surface area (Å²) in [6.07, 6.45) is 0.717. The molecule has 30 heavy (non-hydrogen) atoms. The Labute approximate surface area is 179 Å². The molecule has 1 saturated heterocycles. The third kappa shape index (κ3) is 5.17. The number of ether oxygens (including phenoxy) is 1. The molecule has 1 aliphatic heterocycles. The molecule has 160 valence electrons. The first kappa shape index (κ1) is 22.2. The molecule has 2 aromatic carbocycles. The van der Waals surface area contributed by atoms with Crippen molar-refractivity contribution in [3.05, 3.63) is 64.2 Å². The molecule has 0 radical (unpaired) electrons. The molecular weight excluding hydrogens is 412 g/mol. The van der Waals surface area contributed by atoms with E-state index < -0.39 is 17.6 Å². The monoisotopic (exact) mass is 435 g/mol. The van der Waals surface area contributed by atoms with Gasteiger partial charge in [-0.25, -0.2) is 8.78 Å². The number of rotatable bonds is 6. The third-order valence-electron chi connectivity index (χ3n) is 5.64. The quantitative estimate of drug-likeness (QED) is 0.656. The van der Waals surface area contributed by atoms with Gasteiger partial charge in [-0.2, -0.15) is 0 Å². The Balaban J connectivity index is 1.84. The van der Waals surface area contributed by atoms with E-state index in [1.165, 1.54) is 14.0 Å². The Bertz CT molecular complexity index is 910. The number of carbonyl (C=O) groups excluding carboxylic acids is 2. The summed E-state index contributed by atoms with van der Waals surface area (Å²) in [4.78, 5) is 26.3. The van der Waals surface area contributed by atoms with Crippen LogP contribution < -0.4 is 4.74 Å². The van der Waals surface area contributed by atoms with Crippen molar-refractivity contribution < 1.29 is 23.1 Å². The zero-order valence-corrected chi connectivity index (χ0v) is 17.7. The first-order valence-corrected chi connectivity index (χ1v) is 10.2. The van der Waals surface area contributed by atoms with Crippen LogP contribution in [0.3, 0.4) is 0 Å². The van der Waals surface area contributed by atoms with E-state index in [1.54, 1.807) is 29.2 Å². The van der Waals surface area contributed by atoms with Gasteiger partial charge in [-0.15, -0.1) is 0 Å². The number of hydrogen-bond donors (Lipinski definition) is 0. The molecule has 4 nitrogen and oxygen atoms in total. The van der Waals surface area contributed by atoms with Gasteiger partial charge in [-0.3, -0.25) is 9.59 Å². The van der Waals surface area contributed by atoms with E-state index >= 15 is 0 Å². The lowest BCUT2D eigenvalue weighted by Crippen LogP contribution is -2.43. The molecule has 0 bridgehead atoms. The molecule has 2 atom stereocenters. The first-order chi connectivity index (χ1) is 14.3. The topological polar surface area (TPSA) is 46.6 Å². The molecular formula is C23H24ClF2NO3. The predicted molar refractivity (Wildman–Crippen MR) is 111 cm³/mol. The van der Waals surface area contributed by atoms with Gasteiger partial charge in [0, 0.05) is 55.6 Å². The maximum atomic E-state index is 14.7. The highest BCUT2D eigenvalue weighted by atomic mass is 35.5. The van der Waals surface area contributed by atoms with Crippen LogP contribution in [-0.4, -0.2) is 36.8 Å². The summed E-state index contributed by atoms with van der Waals surface area (Å²) in [5, 5.41) is 0.584. The number of Topliss-reactive ketones (excluding diaryl/α,β-unsaturated/α-hetero) is 1. The van der Waals surface area contributed by atoms with Gasteiger partial charge in [-0.1, -0.05) is 23.7 Å². The number of piperidine rings is 1. The SMILES string of the molecule is COc1cc(F)c(C2CCN(C(C)=O)C[C@H]2CC(=O)Cc2ccc(Cl)cc2)c(F)c1. The smallest absolute Gasteiger partial charge is 0.219 e. The van der Waals surface area contributed by atoms with E-state index in [0.29, 0.717) is 18.0 Å². The molecule has 3 rings (SSSR count). The highest BCUT2D eigenvalue weighted by Gasteiger charge is 2.36. The number of benzene rings is 2. The lowest BCUT2D eigenvalue weighted by Gasteiger charge is -2.38. The third-order valence-corrected chi connectivity index (χ3v) is 5.89. The van der Waals surface area contributed by atoms with E-state index in [4.69, 9.17) is 16.3 Å². The molecule has 1 fully saturated rings. The van der Waals surface area contributed by atoms with Gasteiger partial charge in [0.25, 0.3) is 0 Å². The average Bonchev–Trinajstić information content (AvgIpc) is 2.70. The Morgan fingerprint density at radius 2 is 1.80 bits per heavy atom. The Morgan fingerprint density at radius 1 is 1.17 bits per heavy atom. The number of likely N-dealkylation sites (tertiary alicyclic amines) is 1. The van der Waals surface area contributed by atoms with Crippen molar-refractivity contribution in [2.45, 2.75) is 32.1 Å². The minimum Gasteiger partial charge on any atom is -0.497 e. The Kier molecular flexibility index (Phi) is 7.08. The molecule has 1 heterocycles. The maximum absolute atomic E-state index is 14.7. The maximum Gasteiger partial charge on any atom is 0.219 e. The second-order valence-corrected chi connectivity index (χ2v) is 8.11. The summed E-state index contributed by atoms with van der Waals surface area (Å²) < 4.78 is 34.4. The van der Waals surface area contributed by atoms with Gasteiger partial charge in [0.1, 0.15) is 23.2 Å². The average molecular weight is 436 g/mol. The van der Waals surface area contributed by atoms with Crippen LogP contribution in [0.5, 0.6) is 5.75 Å². The van der Waals surface area contributed by atoms with E-state index in [9.17, 15) is 18.4 Å². The fraction of sp³-hybridized carbons (Fsp3) is 0.391. The van der Waals surface area contributed by atoms with Crippen molar-refractivity contribution in [2.75, 3.05) is 20.2 Å². The highest BCUT2D eigenvalue weighted by Crippen LogP contribution is 2.39. The van der Waals surface area contributed by atoms with Gasteiger partial charge in [0.2, 0.25) is 5.91 Å². The molecule has 1 unspecified atom stereocenters. The van der Waals surface area contributed by atoms with Crippen molar-refractivity contribution in [2.24, 2.45) is 5.92 Å². The number of nitrogens with zero attached hydrogens (tertiary/aromatic N) is 1. The second kappa shape index (κ2) is 9.56.